The SMILES string of the molecule is CN(C)C(CNC(=O)c1ccoc1)c1ccc2c(c1)CCO2. The van der Waals surface area contributed by atoms with E-state index in [4.69, 9.17) is 9.15 Å². The maximum atomic E-state index is 12.0. The molecule has 1 aliphatic heterocycles. The second-order valence-electron chi connectivity index (χ2n) is 5.67. The largest absolute Gasteiger partial charge is 0.493 e. The number of likely N-dealkylation sites (N-methyl/N-ethyl adjacent to an activating group) is 1. The Kier molecular flexibility index (Phi) is 4.15. The average molecular weight is 300 g/mol. The van der Waals surface area contributed by atoms with Gasteiger partial charge in [0.25, 0.3) is 5.91 Å². The fraction of sp³-hybridized carbons (Fsp3) is 0.353. The molecule has 0 saturated carbocycles. The molecule has 2 heterocycles. The van der Waals surface area contributed by atoms with E-state index in [1.807, 2.05) is 20.2 Å². The third kappa shape index (κ3) is 2.99. The lowest BCUT2D eigenvalue weighted by atomic mass is 10.0. The molecule has 0 fully saturated rings. The third-order valence-electron chi connectivity index (χ3n) is 3.96. The van der Waals surface area contributed by atoms with Gasteiger partial charge in [0.2, 0.25) is 0 Å². The second kappa shape index (κ2) is 6.23. The van der Waals surface area contributed by atoms with Gasteiger partial charge in [-0.2, -0.15) is 0 Å². The highest BCUT2D eigenvalue weighted by Crippen LogP contribution is 2.29. The Morgan fingerprint density at radius 2 is 2.23 bits per heavy atom. The number of nitrogens with one attached hydrogen (secondary N) is 1. The van der Waals surface area contributed by atoms with Gasteiger partial charge in [-0.3, -0.25) is 4.79 Å². The van der Waals surface area contributed by atoms with Crippen LogP contribution in [0.1, 0.15) is 27.5 Å². The van der Waals surface area contributed by atoms with E-state index in [9.17, 15) is 4.79 Å². The molecule has 5 nitrogen and oxygen atoms in total. The molecule has 0 bridgehead atoms. The lowest BCUT2D eigenvalue weighted by Crippen LogP contribution is -2.34. The zero-order valence-electron chi connectivity index (χ0n) is 12.8. The Bertz CT molecular complexity index is 650. The zero-order valence-corrected chi connectivity index (χ0v) is 12.8. The van der Waals surface area contributed by atoms with Crippen molar-refractivity contribution in [3.05, 3.63) is 53.5 Å². The molecule has 1 amide bonds. The first-order valence-electron chi connectivity index (χ1n) is 7.37. The van der Waals surface area contributed by atoms with E-state index < -0.39 is 0 Å². The number of nitrogens with zero attached hydrogens (tertiary/aromatic N) is 1. The predicted octanol–water partition coefficient (Wildman–Crippen LogP) is 2.25. The van der Waals surface area contributed by atoms with Gasteiger partial charge < -0.3 is 19.4 Å². The number of carbonyl (C=O) groups excluding carboxylic acids is 1. The van der Waals surface area contributed by atoms with Gasteiger partial charge in [-0.05, 0) is 37.4 Å². The van der Waals surface area contributed by atoms with Gasteiger partial charge in [-0.1, -0.05) is 12.1 Å². The van der Waals surface area contributed by atoms with Crippen LogP contribution >= 0.6 is 0 Å². The van der Waals surface area contributed by atoms with Crippen molar-refractivity contribution in [2.75, 3.05) is 27.2 Å². The molecule has 1 aliphatic rings. The molecule has 5 heteroatoms. The number of furan rings is 1. The molecule has 1 unspecified atom stereocenters. The fourth-order valence-corrected chi connectivity index (χ4v) is 2.70. The fourth-order valence-electron chi connectivity index (χ4n) is 2.70. The lowest BCUT2D eigenvalue weighted by molar-refractivity contribution is 0.0941. The first-order valence-corrected chi connectivity index (χ1v) is 7.37. The van der Waals surface area contributed by atoms with Crippen LogP contribution in [-0.2, 0) is 6.42 Å². The highest BCUT2D eigenvalue weighted by molar-refractivity contribution is 5.93. The Morgan fingerprint density at radius 3 is 2.95 bits per heavy atom. The van der Waals surface area contributed by atoms with Gasteiger partial charge in [0.05, 0.1) is 24.5 Å². The van der Waals surface area contributed by atoms with Crippen LogP contribution in [0.15, 0.2) is 41.2 Å². The molecular formula is C17H20N2O3. The molecule has 2 aromatic rings. The standard InChI is InChI=1S/C17H20N2O3/c1-19(2)15(10-18-17(20)14-5-7-21-11-14)12-3-4-16-13(9-12)6-8-22-16/h3-5,7,9,11,15H,6,8,10H2,1-2H3,(H,18,20). The monoisotopic (exact) mass is 300 g/mol. The van der Waals surface area contributed by atoms with Crippen molar-refractivity contribution >= 4 is 5.91 Å². The first-order chi connectivity index (χ1) is 10.6. The zero-order chi connectivity index (χ0) is 15.5. The van der Waals surface area contributed by atoms with Crippen LogP contribution < -0.4 is 10.1 Å². The van der Waals surface area contributed by atoms with E-state index in [1.165, 1.54) is 23.7 Å². The van der Waals surface area contributed by atoms with Crippen molar-refractivity contribution in [2.24, 2.45) is 0 Å². The molecule has 22 heavy (non-hydrogen) atoms. The highest BCUT2D eigenvalue weighted by Gasteiger charge is 2.19. The maximum absolute atomic E-state index is 12.0. The molecule has 0 aliphatic carbocycles. The molecule has 1 aromatic heterocycles. The molecule has 0 spiro atoms. The third-order valence-corrected chi connectivity index (χ3v) is 3.96. The number of carbonyl (C=O) groups is 1. The van der Waals surface area contributed by atoms with Gasteiger partial charge in [-0.25, -0.2) is 0 Å². The van der Waals surface area contributed by atoms with E-state index >= 15 is 0 Å². The van der Waals surface area contributed by atoms with Gasteiger partial charge in [0, 0.05) is 13.0 Å². The number of hydrogen-bond donors (Lipinski definition) is 1. The number of fused-ring (bicyclic) bond motifs is 1. The number of benzene rings is 1. The second-order valence-corrected chi connectivity index (χ2v) is 5.67. The van der Waals surface area contributed by atoms with Crippen LogP contribution in [0.5, 0.6) is 5.75 Å². The highest BCUT2D eigenvalue weighted by atomic mass is 16.5. The molecule has 1 aromatic carbocycles. The summed E-state index contributed by atoms with van der Waals surface area (Å²) in [6, 6.07) is 8.04. The first kappa shape index (κ1) is 14.7. The van der Waals surface area contributed by atoms with E-state index in [-0.39, 0.29) is 11.9 Å². The van der Waals surface area contributed by atoms with E-state index in [2.05, 4.69) is 22.3 Å². The van der Waals surface area contributed by atoms with Crippen LogP contribution in [0.4, 0.5) is 0 Å². The normalized spacial score (nSPS) is 14.5. The Morgan fingerprint density at radius 1 is 1.36 bits per heavy atom. The maximum Gasteiger partial charge on any atom is 0.254 e. The van der Waals surface area contributed by atoms with Crippen molar-refractivity contribution in [3.63, 3.8) is 0 Å². The van der Waals surface area contributed by atoms with Gasteiger partial charge in [0.15, 0.2) is 0 Å². The number of hydrogen-bond acceptors (Lipinski definition) is 4. The summed E-state index contributed by atoms with van der Waals surface area (Å²) in [6.07, 6.45) is 3.90. The van der Waals surface area contributed by atoms with E-state index in [0.717, 1.165) is 18.8 Å². The smallest absolute Gasteiger partial charge is 0.254 e. The summed E-state index contributed by atoms with van der Waals surface area (Å²) in [7, 11) is 4.02. The number of amides is 1. The predicted molar refractivity (Wildman–Crippen MR) is 83.1 cm³/mol. The molecular weight excluding hydrogens is 280 g/mol. The van der Waals surface area contributed by atoms with Crippen molar-refractivity contribution < 1.29 is 13.9 Å². The quantitative estimate of drug-likeness (QED) is 0.920. The van der Waals surface area contributed by atoms with E-state index in [0.29, 0.717) is 12.1 Å². The van der Waals surface area contributed by atoms with Crippen LogP contribution in [0.25, 0.3) is 0 Å². The summed E-state index contributed by atoms with van der Waals surface area (Å²) in [6.45, 7) is 1.29. The van der Waals surface area contributed by atoms with Crippen molar-refractivity contribution in [1.82, 2.24) is 10.2 Å². The number of rotatable bonds is 5. The summed E-state index contributed by atoms with van der Waals surface area (Å²) in [5, 5.41) is 2.96. The molecule has 0 saturated heterocycles. The summed E-state index contributed by atoms with van der Waals surface area (Å²) >= 11 is 0. The minimum absolute atomic E-state index is 0.113. The molecule has 1 N–H and O–H groups in total. The van der Waals surface area contributed by atoms with Crippen LogP contribution in [-0.4, -0.2) is 38.1 Å². The van der Waals surface area contributed by atoms with Gasteiger partial charge in [-0.15, -0.1) is 0 Å². The summed E-state index contributed by atoms with van der Waals surface area (Å²) < 4.78 is 10.5. The van der Waals surface area contributed by atoms with Gasteiger partial charge >= 0.3 is 0 Å². The number of ether oxygens (including phenoxy) is 1. The van der Waals surface area contributed by atoms with Crippen molar-refractivity contribution in [2.45, 2.75) is 12.5 Å². The molecule has 3 rings (SSSR count). The lowest BCUT2D eigenvalue weighted by Gasteiger charge is -2.25. The van der Waals surface area contributed by atoms with Crippen LogP contribution in [0, 0.1) is 0 Å². The molecule has 0 radical (unpaired) electrons. The minimum atomic E-state index is -0.120. The minimum Gasteiger partial charge on any atom is -0.493 e. The summed E-state index contributed by atoms with van der Waals surface area (Å²) in [5.74, 6) is 0.855. The summed E-state index contributed by atoms with van der Waals surface area (Å²) in [4.78, 5) is 14.1. The van der Waals surface area contributed by atoms with Crippen LogP contribution in [0.3, 0.4) is 0 Å². The Balaban J connectivity index is 1.71. The Hall–Kier alpha value is -2.27. The van der Waals surface area contributed by atoms with E-state index in [1.54, 1.807) is 6.07 Å². The van der Waals surface area contributed by atoms with Crippen molar-refractivity contribution in [1.29, 1.82) is 0 Å². The topological polar surface area (TPSA) is 54.7 Å². The summed E-state index contributed by atoms with van der Waals surface area (Å²) in [5.41, 5.74) is 2.96. The average Bonchev–Trinajstić information content (AvgIpc) is 3.17. The molecule has 116 valence electrons. The Labute approximate surface area is 129 Å². The molecule has 1 atom stereocenters. The van der Waals surface area contributed by atoms with Crippen LogP contribution in [0.2, 0.25) is 0 Å². The van der Waals surface area contributed by atoms with Crippen molar-refractivity contribution in [3.8, 4) is 5.75 Å². The van der Waals surface area contributed by atoms with Gasteiger partial charge in [0.1, 0.15) is 12.0 Å².